The first-order valence-electron chi connectivity index (χ1n) is 9.43. The normalized spacial score (nSPS) is 14.5. The van der Waals surface area contributed by atoms with Crippen molar-refractivity contribution in [2.24, 2.45) is 5.92 Å². The maximum atomic E-state index is 12.9. The molecular formula is C22H24N2O4. The molecule has 0 bridgehead atoms. The summed E-state index contributed by atoms with van der Waals surface area (Å²) in [5.74, 6) is -1.47. The zero-order valence-electron chi connectivity index (χ0n) is 15.7. The first kappa shape index (κ1) is 19.6. The molecule has 3 rings (SSSR count). The van der Waals surface area contributed by atoms with Gasteiger partial charge in [0.25, 0.3) is 5.91 Å². The molecule has 0 aliphatic carbocycles. The predicted molar refractivity (Wildman–Crippen MR) is 105 cm³/mol. The van der Waals surface area contributed by atoms with E-state index in [9.17, 15) is 19.5 Å². The van der Waals surface area contributed by atoms with Crippen LogP contribution in [-0.4, -0.2) is 52.3 Å². The Bertz CT molecular complexity index is 815. The molecule has 1 aliphatic heterocycles. The maximum absolute atomic E-state index is 12.9. The van der Waals surface area contributed by atoms with Crippen molar-refractivity contribution in [1.29, 1.82) is 0 Å². The number of amides is 2. The second-order valence-electron chi connectivity index (χ2n) is 7.01. The Morgan fingerprint density at radius 2 is 1.50 bits per heavy atom. The molecule has 2 aromatic carbocycles. The number of rotatable bonds is 6. The fourth-order valence-corrected chi connectivity index (χ4v) is 3.53. The Kier molecular flexibility index (Phi) is 6.42. The standard InChI is InChI=1S/C22H24N2O4/c25-20(26)16-24(15-17-7-3-1-4-8-17)22(28)19-11-13-23(14-12-19)21(27)18-9-5-2-6-10-18/h1-10,19H,11-16H2,(H,25,26). The van der Waals surface area contributed by atoms with E-state index >= 15 is 0 Å². The van der Waals surface area contributed by atoms with Gasteiger partial charge in [-0.15, -0.1) is 0 Å². The van der Waals surface area contributed by atoms with E-state index in [-0.39, 0.29) is 30.8 Å². The van der Waals surface area contributed by atoms with Crippen molar-refractivity contribution >= 4 is 17.8 Å². The lowest BCUT2D eigenvalue weighted by Gasteiger charge is -2.34. The fraction of sp³-hybridized carbons (Fsp3) is 0.318. The highest BCUT2D eigenvalue weighted by Gasteiger charge is 2.31. The van der Waals surface area contributed by atoms with Crippen LogP contribution in [0.4, 0.5) is 0 Å². The van der Waals surface area contributed by atoms with Crippen molar-refractivity contribution < 1.29 is 19.5 Å². The smallest absolute Gasteiger partial charge is 0.323 e. The molecule has 1 fully saturated rings. The Balaban J connectivity index is 1.61. The molecule has 6 nitrogen and oxygen atoms in total. The van der Waals surface area contributed by atoms with Gasteiger partial charge in [0.05, 0.1) is 0 Å². The Hall–Kier alpha value is -3.15. The summed E-state index contributed by atoms with van der Waals surface area (Å²) in [5, 5.41) is 9.20. The van der Waals surface area contributed by atoms with Crippen LogP contribution in [0.5, 0.6) is 0 Å². The zero-order valence-corrected chi connectivity index (χ0v) is 15.7. The molecule has 0 atom stereocenters. The first-order valence-corrected chi connectivity index (χ1v) is 9.43. The lowest BCUT2D eigenvalue weighted by atomic mass is 9.94. The summed E-state index contributed by atoms with van der Waals surface area (Å²) < 4.78 is 0. The van der Waals surface area contributed by atoms with Crippen LogP contribution in [0.15, 0.2) is 60.7 Å². The molecule has 0 radical (unpaired) electrons. The van der Waals surface area contributed by atoms with Gasteiger partial charge < -0.3 is 14.9 Å². The highest BCUT2D eigenvalue weighted by Crippen LogP contribution is 2.22. The van der Waals surface area contributed by atoms with Crippen molar-refractivity contribution in [3.63, 3.8) is 0 Å². The molecule has 28 heavy (non-hydrogen) atoms. The maximum Gasteiger partial charge on any atom is 0.323 e. The van der Waals surface area contributed by atoms with Crippen molar-refractivity contribution in [3.05, 3.63) is 71.8 Å². The molecule has 0 saturated carbocycles. The minimum atomic E-state index is -1.03. The molecule has 1 heterocycles. The molecule has 1 saturated heterocycles. The summed E-state index contributed by atoms with van der Waals surface area (Å²) >= 11 is 0. The van der Waals surface area contributed by atoms with Gasteiger partial charge in [-0.3, -0.25) is 14.4 Å². The number of carbonyl (C=O) groups is 3. The number of piperidine rings is 1. The molecular weight excluding hydrogens is 356 g/mol. The second-order valence-corrected chi connectivity index (χ2v) is 7.01. The van der Waals surface area contributed by atoms with Crippen LogP contribution in [0.25, 0.3) is 0 Å². The Morgan fingerprint density at radius 3 is 2.07 bits per heavy atom. The van der Waals surface area contributed by atoms with Crippen LogP contribution in [0.3, 0.4) is 0 Å². The van der Waals surface area contributed by atoms with E-state index in [1.54, 1.807) is 17.0 Å². The predicted octanol–water partition coefficient (Wildman–Crippen LogP) is 2.65. The summed E-state index contributed by atoms with van der Waals surface area (Å²) in [7, 11) is 0. The SMILES string of the molecule is O=C(O)CN(Cc1ccccc1)C(=O)C1CCN(C(=O)c2ccccc2)CC1. The average Bonchev–Trinajstić information content (AvgIpc) is 2.73. The molecule has 0 aromatic heterocycles. The minimum Gasteiger partial charge on any atom is -0.480 e. The highest BCUT2D eigenvalue weighted by atomic mass is 16.4. The summed E-state index contributed by atoms with van der Waals surface area (Å²) in [4.78, 5) is 39.9. The van der Waals surface area contributed by atoms with E-state index in [0.717, 1.165) is 5.56 Å². The lowest BCUT2D eigenvalue weighted by Crippen LogP contribution is -2.45. The van der Waals surface area contributed by atoms with Gasteiger partial charge in [-0.25, -0.2) is 0 Å². The Morgan fingerprint density at radius 1 is 0.929 bits per heavy atom. The third kappa shape index (κ3) is 4.97. The monoisotopic (exact) mass is 380 g/mol. The van der Waals surface area contributed by atoms with Gasteiger partial charge in [-0.1, -0.05) is 48.5 Å². The van der Waals surface area contributed by atoms with Crippen LogP contribution in [0.1, 0.15) is 28.8 Å². The lowest BCUT2D eigenvalue weighted by molar-refractivity contribution is -0.147. The number of carbonyl (C=O) groups excluding carboxylic acids is 2. The van der Waals surface area contributed by atoms with Crippen molar-refractivity contribution in [3.8, 4) is 0 Å². The summed E-state index contributed by atoms with van der Waals surface area (Å²) in [6.07, 6.45) is 1.09. The number of likely N-dealkylation sites (tertiary alicyclic amines) is 1. The average molecular weight is 380 g/mol. The number of hydrogen-bond acceptors (Lipinski definition) is 3. The molecule has 1 aliphatic rings. The zero-order chi connectivity index (χ0) is 19.9. The van der Waals surface area contributed by atoms with Gasteiger partial charge in [-0.05, 0) is 30.5 Å². The van der Waals surface area contributed by atoms with Gasteiger partial charge in [0.2, 0.25) is 5.91 Å². The summed E-state index contributed by atoms with van der Waals surface area (Å²) in [6, 6.07) is 18.5. The molecule has 6 heteroatoms. The third-order valence-electron chi connectivity index (χ3n) is 5.01. The number of benzene rings is 2. The number of carboxylic acid groups (broad SMARTS) is 1. The molecule has 2 amide bonds. The van der Waals surface area contributed by atoms with E-state index in [4.69, 9.17) is 0 Å². The molecule has 2 aromatic rings. The van der Waals surface area contributed by atoms with Crippen LogP contribution in [0.2, 0.25) is 0 Å². The van der Waals surface area contributed by atoms with Gasteiger partial charge in [0.15, 0.2) is 0 Å². The topological polar surface area (TPSA) is 77.9 Å². The summed E-state index contributed by atoms with van der Waals surface area (Å²) in [6.45, 7) is 0.943. The second kappa shape index (κ2) is 9.17. The molecule has 146 valence electrons. The molecule has 0 unspecified atom stereocenters. The van der Waals surface area contributed by atoms with E-state index in [1.165, 1.54) is 4.90 Å². The quantitative estimate of drug-likeness (QED) is 0.836. The first-order chi connectivity index (χ1) is 13.5. The number of aliphatic carboxylic acids is 1. The van der Waals surface area contributed by atoms with Crippen molar-refractivity contribution in [2.45, 2.75) is 19.4 Å². The van der Waals surface area contributed by atoms with Crippen molar-refractivity contribution in [1.82, 2.24) is 9.80 Å². The van der Waals surface area contributed by atoms with Gasteiger partial charge in [-0.2, -0.15) is 0 Å². The van der Waals surface area contributed by atoms with Crippen LogP contribution in [0, 0.1) is 5.92 Å². The van der Waals surface area contributed by atoms with Crippen LogP contribution >= 0.6 is 0 Å². The Labute approximate surface area is 164 Å². The fourth-order valence-electron chi connectivity index (χ4n) is 3.53. The number of hydrogen-bond donors (Lipinski definition) is 1. The van der Waals surface area contributed by atoms with E-state index < -0.39 is 5.97 Å². The van der Waals surface area contributed by atoms with Gasteiger partial charge in [0, 0.05) is 31.1 Å². The summed E-state index contributed by atoms with van der Waals surface area (Å²) in [5.41, 5.74) is 1.54. The number of nitrogens with zero attached hydrogens (tertiary/aromatic N) is 2. The minimum absolute atomic E-state index is 0.0295. The van der Waals surface area contributed by atoms with E-state index in [2.05, 4.69) is 0 Å². The van der Waals surface area contributed by atoms with Crippen LogP contribution in [-0.2, 0) is 16.1 Å². The largest absolute Gasteiger partial charge is 0.480 e. The van der Waals surface area contributed by atoms with E-state index in [1.807, 2.05) is 48.5 Å². The van der Waals surface area contributed by atoms with Gasteiger partial charge >= 0.3 is 5.97 Å². The highest BCUT2D eigenvalue weighted by molar-refractivity contribution is 5.94. The number of carboxylic acids is 1. The molecule has 1 N–H and O–H groups in total. The third-order valence-corrected chi connectivity index (χ3v) is 5.01. The van der Waals surface area contributed by atoms with Gasteiger partial charge in [0.1, 0.15) is 6.54 Å². The van der Waals surface area contributed by atoms with E-state index in [0.29, 0.717) is 31.5 Å². The van der Waals surface area contributed by atoms with Crippen molar-refractivity contribution in [2.75, 3.05) is 19.6 Å². The molecule has 0 spiro atoms. The van der Waals surface area contributed by atoms with Crippen LogP contribution < -0.4 is 0 Å².